The molecule has 0 amide bonds. The van der Waals surface area contributed by atoms with Crippen LogP contribution in [0, 0.1) is 0 Å². The van der Waals surface area contributed by atoms with Crippen molar-refractivity contribution in [2.75, 3.05) is 0 Å². The molecule has 1 unspecified atom stereocenters. The van der Waals surface area contributed by atoms with E-state index >= 15 is 0 Å². The minimum Gasteiger partial charge on any atom is -0.486 e. The molecule has 1 atom stereocenters. The van der Waals surface area contributed by atoms with E-state index in [0.717, 1.165) is 24.6 Å². The van der Waals surface area contributed by atoms with Gasteiger partial charge in [0.05, 0.1) is 4.90 Å². The van der Waals surface area contributed by atoms with Crippen molar-refractivity contribution in [2.24, 2.45) is 5.14 Å². The van der Waals surface area contributed by atoms with Crippen molar-refractivity contribution in [3.63, 3.8) is 0 Å². The van der Waals surface area contributed by atoms with Crippen LogP contribution < -0.4 is 9.88 Å². The highest BCUT2D eigenvalue weighted by molar-refractivity contribution is 7.89. The van der Waals surface area contributed by atoms with Gasteiger partial charge in [-0.1, -0.05) is 30.3 Å². The molecule has 110 valence electrons. The second-order valence-electron chi connectivity index (χ2n) is 5.17. The van der Waals surface area contributed by atoms with Crippen LogP contribution >= 0.6 is 0 Å². The summed E-state index contributed by atoms with van der Waals surface area (Å²) in [5.74, 6) is 0.689. The summed E-state index contributed by atoms with van der Waals surface area (Å²) < 4.78 is 29.4. The summed E-state index contributed by atoms with van der Waals surface area (Å²) in [6, 6.07) is 10.5. The lowest BCUT2D eigenvalue weighted by atomic mass is 10.0. The van der Waals surface area contributed by atoms with E-state index in [9.17, 15) is 8.42 Å². The maximum atomic E-state index is 11.7. The van der Waals surface area contributed by atoms with Crippen molar-refractivity contribution in [1.29, 1.82) is 0 Å². The third-order valence-corrected chi connectivity index (χ3v) is 4.61. The van der Waals surface area contributed by atoms with Crippen LogP contribution in [0.25, 0.3) is 10.8 Å². The molecule has 3 rings (SSSR count). The highest BCUT2D eigenvalue weighted by Crippen LogP contribution is 2.32. The van der Waals surface area contributed by atoms with Gasteiger partial charge in [0.2, 0.25) is 10.0 Å². The van der Waals surface area contributed by atoms with E-state index in [1.807, 2.05) is 12.1 Å². The topological polar surface area (TPSA) is 69.4 Å². The SMILES string of the molecule is NS(=O)(=O)c1ccc(OC2C=CCCC2)c2ccccc12. The fourth-order valence-corrected chi connectivity index (χ4v) is 3.38. The summed E-state index contributed by atoms with van der Waals surface area (Å²) in [6.07, 6.45) is 7.39. The molecule has 0 fully saturated rings. The van der Waals surface area contributed by atoms with Gasteiger partial charge in [0.1, 0.15) is 11.9 Å². The molecule has 2 N–H and O–H groups in total. The smallest absolute Gasteiger partial charge is 0.238 e. The van der Waals surface area contributed by atoms with Crippen LogP contribution in [-0.2, 0) is 10.0 Å². The van der Waals surface area contributed by atoms with E-state index in [-0.39, 0.29) is 11.0 Å². The van der Waals surface area contributed by atoms with E-state index in [4.69, 9.17) is 9.88 Å². The Morgan fingerprint density at radius 3 is 2.52 bits per heavy atom. The van der Waals surface area contributed by atoms with Crippen LogP contribution in [0.2, 0.25) is 0 Å². The number of rotatable bonds is 3. The molecule has 1 aliphatic rings. The number of nitrogens with two attached hydrogens (primary N) is 1. The van der Waals surface area contributed by atoms with E-state index in [1.165, 1.54) is 6.07 Å². The van der Waals surface area contributed by atoms with Gasteiger partial charge < -0.3 is 4.74 Å². The maximum absolute atomic E-state index is 11.7. The molecular weight excluding hydrogens is 286 g/mol. The van der Waals surface area contributed by atoms with Crippen molar-refractivity contribution in [3.05, 3.63) is 48.6 Å². The standard InChI is InChI=1S/C16H17NO3S/c17-21(18,19)16-11-10-15(13-8-4-5-9-14(13)16)20-12-6-2-1-3-7-12/h2,4-6,8-12H,1,3,7H2,(H2,17,18,19). The summed E-state index contributed by atoms with van der Waals surface area (Å²) in [4.78, 5) is 0.129. The van der Waals surface area contributed by atoms with Gasteiger partial charge in [0.15, 0.2) is 0 Å². The van der Waals surface area contributed by atoms with E-state index < -0.39 is 10.0 Å². The average Bonchev–Trinajstić information content (AvgIpc) is 2.47. The normalized spacial score (nSPS) is 18.8. The van der Waals surface area contributed by atoms with Crippen LogP contribution in [0.3, 0.4) is 0 Å². The summed E-state index contributed by atoms with van der Waals surface area (Å²) in [5, 5.41) is 6.64. The summed E-state index contributed by atoms with van der Waals surface area (Å²) in [7, 11) is -3.75. The zero-order chi connectivity index (χ0) is 14.9. The number of primary sulfonamides is 1. The minimum atomic E-state index is -3.75. The molecule has 0 bridgehead atoms. The van der Waals surface area contributed by atoms with Gasteiger partial charge in [-0.3, -0.25) is 0 Å². The molecule has 21 heavy (non-hydrogen) atoms. The lowest BCUT2D eigenvalue weighted by molar-refractivity contribution is 0.232. The summed E-state index contributed by atoms with van der Waals surface area (Å²) >= 11 is 0. The quantitative estimate of drug-likeness (QED) is 0.886. The number of hydrogen-bond acceptors (Lipinski definition) is 3. The molecule has 0 aliphatic heterocycles. The Morgan fingerprint density at radius 1 is 1.10 bits per heavy atom. The summed E-state index contributed by atoms with van der Waals surface area (Å²) in [5.41, 5.74) is 0. The van der Waals surface area contributed by atoms with Crippen molar-refractivity contribution in [2.45, 2.75) is 30.3 Å². The zero-order valence-corrected chi connectivity index (χ0v) is 12.3. The first-order valence-corrected chi connectivity index (χ1v) is 8.48. The Kier molecular flexibility index (Phi) is 3.69. The van der Waals surface area contributed by atoms with Crippen LogP contribution in [0.1, 0.15) is 19.3 Å². The van der Waals surface area contributed by atoms with Crippen LogP contribution in [-0.4, -0.2) is 14.5 Å². The Hall–Kier alpha value is -1.85. The number of hydrogen-bond donors (Lipinski definition) is 1. The van der Waals surface area contributed by atoms with E-state index in [1.54, 1.807) is 18.2 Å². The molecular formula is C16H17NO3S. The van der Waals surface area contributed by atoms with Crippen LogP contribution in [0.5, 0.6) is 5.75 Å². The van der Waals surface area contributed by atoms with Gasteiger partial charge in [-0.15, -0.1) is 0 Å². The Labute approximate surface area is 124 Å². The van der Waals surface area contributed by atoms with Gasteiger partial charge in [-0.2, -0.15) is 0 Å². The molecule has 4 nitrogen and oxygen atoms in total. The molecule has 2 aromatic carbocycles. The van der Waals surface area contributed by atoms with Crippen molar-refractivity contribution in [1.82, 2.24) is 0 Å². The minimum absolute atomic E-state index is 0.0440. The molecule has 2 aromatic rings. The third-order valence-electron chi connectivity index (χ3n) is 3.64. The molecule has 5 heteroatoms. The lowest BCUT2D eigenvalue weighted by Gasteiger charge is -2.20. The molecule has 0 saturated carbocycles. The second-order valence-corrected chi connectivity index (χ2v) is 6.70. The van der Waals surface area contributed by atoms with Crippen LogP contribution in [0.15, 0.2) is 53.4 Å². The molecule has 0 spiro atoms. The first kappa shape index (κ1) is 14.1. The maximum Gasteiger partial charge on any atom is 0.238 e. The Balaban J connectivity index is 2.09. The Morgan fingerprint density at radius 2 is 1.86 bits per heavy atom. The third kappa shape index (κ3) is 2.94. The van der Waals surface area contributed by atoms with Crippen LogP contribution in [0.4, 0.5) is 0 Å². The zero-order valence-electron chi connectivity index (χ0n) is 11.5. The predicted octanol–water partition coefficient (Wildman–Crippen LogP) is 2.97. The number of allylic oxidation sites excluding steroid dienone is 1. The highest BCUT2D eigenvalue weighted by atomic mass is 32.2. The van der Waals surface area contributed by atoms with Gasteiger partial charge in [-0.05, 0) is 37.5 Å². The second kappa shape index (κ2) is 5.50. The lowest BCUT2D eigenvalue weighted by Crippen LogP contribution is -2.16. The summed E-state index contributed by atoms with van der Waals surface area (Å²) in [6.45, 7) is 0. The molecule has 1 aliphatic carbocycles. The number of sulfonamides is 1. The van der Waals surface area contributed by atoms with Gasteiger partial charge in [0, 0.05) is 10.8 Å². The molecule has 0 saturated heterocycles. The van der Waals surface area contributed by atoms with Crippen molar-refractivity contribution in [3.8, 4) is 5.75 Å². The van der Waals surface area contributed by atoms with Gasteiger partial charge in [0.25, 0.3) is 0 Å². The van der Waals surface area contributed by atoms with Gasteiger partial charge >= 0.3 is 0 Å². The predicted molar refractivity (Wildman–Crippen MR) is 82.7 cm³/mol. The van der Waals surface area contributed by atoms with Crippen molar-refractivity contribution < 1.29 is 13.2 Å². The highest BCUT2D eigenvalue weighted by Gasteiger charge is 2.17. The first-order chi connectivity index (χ1) is 10.1. The van der Waals surface area contributed by atoms with E-state index in [0.29, 0.717) is 11.1 Å². The molecule has 0 radical (unpaired) electrons. The number of ether oxygens (including phenoxy) is 1. The fraction of sp³-hybridized carbons (Fsp3) is 0.250. The number of benzene rings is 2. The first-order valence-electron chi connectivity index (χ1n) is 6.93. The molecule has 0 heterocycles. The van der Waals surface area contributed by atoms with Crippen molar-refractivity contribution >= 4 is 20.8 Å². The van der Waals surface area contributed by atoms with E-state index in [2.05, 4.69) is 12.2 Å². The number of fused-ring (bicyclic) bond motifs is 1. The molecule has 0 aromatic heterocycles. The largest absolute Gasteiger partial charge is 0.486 e. The fourth-order valence-electron chi connectivity index (χ4n) is 2.64. The monoisotopic (exact) mass is 303 g/mol. The average molecular weight is 303 g/mol. The van der Waals surface area contributed by atoms with Gasteiger partial charge in [-0.25, -0.2) is 13.6 Å². The Bertz CT molecular complexity index is 796.